The van der Waals surface area contributed by atoms with Gasteiger partial charge in [0.2, 0.25) is 0 Å². The minimum absolute atomic E-state index is 0.0311. The lowest BCUT2D eigenvalue weighted by atomic mass is 10.0. The zero-order chi connectivity index (χ0) is 53.3. The van der Waals surface area contributed by atoms with Crippen molar-refractivity contribution in [3.63, 3.8) is 0 Å². The topological polar surface area (TPSA) is 239 Å². The van der Waals surface area contributed by atoms with Crippen LogP contribution in [0.2, 0.25) is 0 Å². The summed E-state index contributed by atoms with van der Waals surface area (Å²) in [6.45, 7) is 17.6. The number of carbonyl (C=O) groups excluding carboxylic acids is 1. The second-order valence-electron chi connectivity index (χ2n) is 18.5. The number of morpholine rings is 2. The van der Waals surface area contributed by atoms with Gasteiger partial charge in [-0.3, -0.25) is 14.6 Å². The highest BCUT2D eigenvalue weighted by molar-refractivity contribution is 7.93. The van der Waals surface area contributed by atoms with Crippen molar-refractivity contribution in [2.75, 3.05) is 103 Å². The van der Waals surface area contributed by atoms with Gasteiger partial charge in [0.05, 0.1) is 38.6 Å². The number of fused-ring (bicyclic) bond motifs is 2. The predicted octanol–water partition coefficient (Wildman–Crippen LogP) is 7.82. The van der Waals surface area contributed by atoms with Crippen LogP contribution in [0.3, 0.4) is 0 Å². The first-order valence-electron chi connectivity index (χ1n) is 25.5. The molecule has 2 unspecified atom stereocenters. The normalized spacial score (nSPS) is 15.9. The standard InChI is InChI=1S/C29H34N4O4.C28H34N4O5S/c1-3-25(34)19-32-29(35)26(18-30)20(2)27-8-9-28(37-27)23-5-4-22-17-24(7-6-21(22)16-23)31-10-11-33-12-14-36-15-13-33;1-3-25(33)19-31-38(34,35)28(18-29)20(2)26-8-9-27(37-26)23-5-4-22-17-24(7-6-21(22)16-23)30-10-11-32-12-14-36-15-13-32/h4-9,16-17,25,31,34H,3,10-15,19H2,1-2H3,(H,32,35);4-9,16-17,25,30-31,33H,3,10-15,19H2,1-2H3/b26-20+;28-20+. The number of nitriles is 2. The molecule has 0 spiro atoms. The maximum absolute atomic E-state index is 12.6. The highest BCUT2D eigenvalue weighted by Crippen LogP contribution is 2.33. The van der Waals surface area contributed by atoms with Crippen molar-refractivity contribution in [2.24, 2.45) is 0 Å². The van der Waals surface area contributed by atoms with Crippen LogP contribution in [-0.4, -0.2) is 138 Å². The van der Waals surface area contributed by atoms with Gasteiger partial charge in [0.25, 0.3) is 15.9 Å². The van der Waals surface area contributed by atoms with Gasteiger partial charge < -0.3 is 44.5 Å². The summed E-state index contributed by atoms with van der Waals surface area (Å²) in [5.41, 5.74) is 4.52. The van der Waals surface area contributed by atoms with Gasteiger partial charge in [-0.15, -0.1) is 0 Å². The smallest absolute Gasteiger partial charge is 0.262 e. The van der Waals surface area contributed by atoms with E-state index in [0.717, 1.165) is 123 Å². The van der Waals surface area contributed by atoms with Crippen LogP contribution in [0.25, 0.3) is 55.3 Å². The molecule has 396 valence electrons. The first kappa shape index (κ1) is 55.9. The quantitative estimate of drug-likeness (QED) is 0.0298. The third-order valence-electron chi connectivity index (χ3n) is 13.3. The van der Waals surface area contributed by atoms with Crippen LogP contribution in [-0.2, 0) is 24.3 Å². The molecular weight excluding hydrogens is 973 g/mol. The first-order valence-corrected chi connectivity index (χ1v) is 27.0. The second kappa shape index (κ2) is 27.1. The molecule has 75 heavy (non-hydrogen) atoms. The number of aliphatic hydroxyl groups is 2. The molecule has 6 aromatic rings. The highest BCUT2D eigenvalue weighted by Gasteiger charge is 2.24. The Balaban J connectivity index is 0.000000219. The summed E-state index contributed by atoms with van der Waals surface area (Å²) in [5.74, 6) is 1.45. The van der Waals surface area contributed by atoms with Gasteiger partial charge in [-0.05, 0) is 109 Å². The van der Waals surface area contributed by atoms with Gasteiger partial charge in [0.15, 0.2) is 4.91 Å². The molecule has 17 nitrogen and oxygen atoms in total. The second-order valence-corrected chi connectivity index (χ2v) is 20.2. The van der Waals surface area contributed by atoms with Crippen LogP contribution < -0.4 is 20.7 Å². The SMILES string of the molecule is CCC(O)CNC(=O)/C(C#N)=C(\C)c1ccc(-c2ccc3cc(NCCN4CCOCC4)ccc3c2)o1.CCC(O)CNS(=O)(=O)/C(C#N)=C(\C)c1ccc(-c2ccc3cc(NCCN4CCOCC4)ccc3c2)o1. The van der Waals surface area contributed by atoms with E-state index in [9.17, 15) is 33.9 Å². The molecule has 0 radical (unpaired) electrons. The lowest BCUT2D eigenvalue weighted by molar-refractivity contribution is -0.117. The van der Waals surface area contributed by atoms with E-state index in [1.54, 1.807) is 38.1 Å². The van der Waals surface area contributed by atoms with Crippen molar-refractivity contribution in [2.45, 2.75) is 52.7 Å². The van der Waals surface area contributed by atoms with Gasteiger partial charge in [-0.1, -0.05) is 50.2 Å². The number of nitrogens with one attached hydrogen (secondary N) is 4. The number of carbonyl (C=O) groups is 1. The molecule has 2 saturated heterocycles. The minimum atomic E-state index is -4.09. The fraction of sp³-hybridized carbons (Fsp3) is 0.386. The van der Waals surface area contributed by atoms with Gasteiger partial charge >= 0.3 is 0 Å². The molecule has 2 fully saturated rings. The molecule has 0 aliphatic carbocycles. The Hall–Kier alpha value is -6.84. The summed E-state index contributed by atoms with van der Waals surface area (Å²) < 4.78 is 50.4. The summed E-state index contributed by atoms with van der Waals surface area (Å²) in [4.78, 5) is 16.8. The average molecular weight is 1040 g/mol. The molecule has 2 atom stereocenters. The molecule has 6 N–H and O–H groups in total. The van der Waals surface area contributed by atoms with Crippen LogP contribution in [0.4, 0.5) is 11.4 Å². The fourth-order valence-corrected chi connectivity index (χ4v) is 9.70. The summed E-state index contributed by atoms with van der Waals surface area (Å²) in [5, 5.41) is 52.4. The van der Waals surface area contributed by atoms with E-state index in [2.05, 4.69) is 79.0 Å². The van der Waals surface area contributed by atoms with Crippen LogP contribution >= 0.6 is 0 Å². The van der Waals surface area contributed by atoms with E-state index >= 15 is 0 Å². The van der Waals surface area contributed by atoms with E-state index in [1.807, 2.05) is 43.3 Å². The number of rotatable bonds is 21. The number of hydrogen-bond acceptors (Lipinski definition) is 15. The van der Waals surface area contributed by atoms with Gasteiger partial charge in [-0.25, -0.2) is 13.1 Å². The molecule has 0 saturated carbocycles. The number of anilines is 2. The van der Waals surface area contributed by atoms with Crippen molar-refractivity contribution in [1.29, 1.82) is 10.5 Å². The summed E-state index contributed by atoms with van der Waals surface area (Å²) >= 11 is 0. The maximum Gasteiger partial charge on any atom is 0.262 e. The van der Waals surface area contributed by atoms with Gasteiger partial charge in [0, 0.05) is 99.1 Å². The van der Waals surface area contributed by atoms with Crippen molar-refractivity contribution < 1.29 is 41.7 Å². The molecule has 0 bridgehead atoms. The summed E-state index contributed by atoms with van der Waals surface area (Å²) in [6, 6.07) is 35.4. The number of nitrogens with zero attached hydrogens (tertiary/aromatic N) is 4. The maximum atomic E-state index is 12.6. The molecule has 4 heterocycles. The van der Waals surface area contributed by atoms with Crippen LogP contribution in [0.5, 0.6) is 0 Å². The molecule has 2 aliphatic rings. The zero-order valence-corrected chi connectivity index (χ0v) is 44.0. The number of benzene rings is 4. The van der Waals surface area contributed by atoms with Gasteiger partial charge in [-0.2, -0.15) is 10.5 Å². The zero-order valence-electron chi connectivity index (χ0n) is 43.2. The van der Waals surface area contributed by atoms with Crippen molar-refractivity contribution >= 4 is 60.0 Å². The number of allylic oxidation sites excluding steroid dienone is 3. The van der Waals surface area contributed by atoms with E-state index < -0.39 is 33.0 Å². The van der Waals surface area contributed by atoms with Crippen LogP contribution in [0.15, 0.2) is 116 Å². The molecule has 18 heteroatoms. The fourth-order valence-electron chi connectivity index (χ4n) is 8.52. The number of sulfonamides is 1. The Bertz CT molecular complexity index is 3160. The van der Waals surface area contributed by atoms with Crippen molar-refractivity contribution in [3.8, 4) is 34.8 Å². The first-order chi connectivity index (χ1) is 36.3. The average Bonchev–Trinajstić information content (AvgIpc) is 4.15. The lowest BCUT2D eigenvalue weighted by Gasteiger charge is -2.26. The number of ether oxygens (including phenoxy) is 2. The third kappa shape index (κ3) is 15.4. The predicted molar refractivity (Wildman–Crippen MR) is 294 cm³/mol. The Labute approximate surface area is 439 Å². The molecule has 2 aromatic heterocycles. The summed E-state index contributed by atoms with van der Waals surface area (Å²) in [6.07, 6.45) is -0.553. The number of amides is 1. The van der Waals surface area contributed by atoms with Crippen LogP contribution in [0.1, 0.15) is 52.1 Å². The molecule has 1 amide bonds. The summed E-state index contributed by atoms with van der Waals surface area (Å²) in [7, 11) is -4.09. The molecule has 8 rings (SSSR count). The van der Waals surface area contributed by atoms with E-state index in [-0.39, 0.29) is 30.0 Å². The molecule has 4 aromatic carbocycles. The van der Waals surface area contributed by atoms with Gasteiger partial charge in [0.1, 0.15) is 40.8 Å². The minimum Gasteiger partial charge on any atom is -0.456 e. The Morgan fingerprint density at radius 1 is 0.627 bits per heavy atom. The molecule has 2 aliphatic heterocycles. The molecular formula is C57H68N8O9S. The largest absolute Gasteiger partial charge is 0.456 e. The number of furan rings is 2. The van der Waals surface area contributed by atoms with E-state index in [1.165, 1.54) is 6.92 Å². The highest BCUT2D eigenvalue weighted by atomic mass is 32.2. The number of aliphatic hydroxyl groups excluding tert-OH is 2. The Morgan fingerprint density at radius 3 is 1.55 bits per heavy atom. The monoisotopic (exact) mass is 1040 g/mol. The van der Waals surface area contributed by atoms with Crippen LogP contribution in [0, 0.1) is 22.7 Å². The van der Waals surface area contributed by atoms with E-state index in [0.29, 0.717) is 35.7 Å². The van der Waals surface area contributed by atoms with Crippen molar-refractivity contribution in [3.05, 3.63) is 119 Å². The Kier molecular flexibility index (Phi) is 20.2. The third-order valence-corrected chi connectivity index (χ3v) is 14.8. The number of hydrogen-bond donors (Lipinski definition) is 6. The lowest BCUT2D eigenvalue weighted by Crippen LogP contribution is -2.38. The van der Waals surface area contributed by atoms with E-state index in [4.69, 9.17) is 18.3 Å². The Morgan fingerprint density at radius 2 is 1.08 bits per heavy atom. The van der Waals surface area contributed by atoms with Crippen molar-refractivity contribution in [1.82, 2.24) is 19.8 Å².